The highest BCUT2D eigenvalue weighted by Gasteiger charge is 2.31. The van der Waals surface area contributed by atoms with Crippen LogP contribution in [0.5, 0.6) is 0 Å². The molecular formula is C12H17FN2. The van der Waals surface area contributed by atoms with Crippen LogP contribution in [0, 0.1) is 5.82 Å². The van der Waals surface area contributed by atoms with Crippen LogP contribution >= 0.6 is 0 Å². The van der Waals surface area contributed by atoms with Crippen LogP contribution in [-0.4, -0.2) is 13.1 Å². The van der Waals surface area contributed by atoms with Crippen molar-refractivity contribution >= 4 is 0 Å². The van der Waals surface area contributed by atoms with E-state index in [2.05, 4.69) is 5.32 Å². The SMILES string of the molecule is NCC1(c2ccc(F)cc2)CCCCN1. The topological polar surface area (TPSA) is 38.0 Å². The van der Waals surface area contributed by atoms with Gasteiger partial charge in [-0.3, -0.25) is 0 Å². The molecule has 82 valence electrons. The molecule has 1 unspecified atom stereocenters. The molecule has 1 aliphatic rings. The molecule has 0 aromatic heterocycles. The van der Waals surface area contributed by atoms with Crippen molar-refractivity contribution in [2.75, 3.05) is 13.1 Å². The number of hydrogen-bond acceptors (Lipinski definition) is 2. The van der Waals surface area contributed by atoms with Gasteiger partial charge in [-0.2, -0.15) is 0 Å². The predicted octanol–water partition coefficient (Wildman–Crippen LogP) is 1.75. The minimum Gasteiger partial charge on any atom is -0.328 e. The summed E-state index contributed by atoms with van der Waals surface area (Å²) >= 11 is 0. The number of halogens is 1. The Morgan fingerprint density at radius 1 is 1.27 bits per heavy atom. The van der Waals surface area contributed by atoms with E-state index in [1.807, 2.05) is 12.1 Å². The molecule has 3 N–H and O–H groups in total. The summed E-state index contributed by atoms with van der Waals surface area (Å²) in [7, 11) is 0. The quantitative estimate of drug-likeness (QED) is 0.777. The van der Waals surface area contributed by atoms with Gasteiger partial charge in [0.15, 0.2) is 0 Å². The molecule has 2 nitrogen and oxygen atoms in total. The third-order valence-electron chi connectivity index (χ3n) is 3.24. The van der Waals surface area contributed by atoms with Crippen LogP contribution in [0.25, 0.3) is 0 Å². The maximum atomic E-state index is 12.8. The Balaban J connectivity index is 2.28. The number of rotatable bonds is 2. The monoisotopic (exact) mass is 208 g/mol. The summed E-state index contributed by atoms with van der Waals surface area (Å²) in [4.78, 5) is 0. The largest absolute Gasteiger partial charge is 0.328 e. The zero-order valence-electron chi connectivity index (χ0n) is 8.80. The van der Waals surface area contributed by atoms with E-state index in [4.69, 9.17) is 5.73 Å². The van der Waals surface area contributed by atoms with Crippen molar-refractivity contribution in [2.24, 2.45) is 5.73 Å². The molecule has 0 radical (unpaired) electrons. The molecule has 1 atom stereocenters. The van der Waals surface area contributed by atoms with Crippen molar-refractivity contribution in [3.05, 3.63) is 35.6 Å². The van der Waals surface area contributed by atoms with Gasteiger partial charge < -0.3 is 11.1 Å². The van der Waals surface area contributed by atoms with Crippen LogP contribution in [-0.2, 0) is 5.54 Å². The molecule has 0 bridgehead atoms. The summed E-state index contributed by atoms with van der Waals surface area (Å²) in [6, 6.07) is 6.67. The van der Waals surface area contributed by atoms with E-state index in [0.29, 0.717) is 6.54 Å². The normalized spacial score (nSPS) is 26.5. The molecule has 1 fully saturated rings. The summed E-state index contributed by atoms with van der Waals surface area (Å²) in [5.41, 5.74) is 6.82. The van der Waals surface area contributed by atoms with Crippen LogP contribution in [0.4, 0.5) is 4.39 Å². The maximum absolute atomic E-state index is 12.8. The van der Waals surface area contributed by atoms with Crippen LogP contribution in [0.2, 0.25) is 0 Å². The standard InChI is InChI=1S/C12H17FN2/c13-11-5-3-10(4-6-11)12(9-14)7-1-2-8-15-12/h3-6,15H,1-2,7-9,14H2. The average molecular weight is 208 g/mol. The van der Waals surface area contributed by atoms with Crippen molar-refractivity contribution < 1.29 is 4.39 Å². The van der Waals surface area contributed by atoms with Crippen molar-refractivity contribution in [3.8, 4) is 0 Å². The molecule has 1 aliphatic heterocycles. The molecule has 0 aliphatic carbocycles. The molecule has 1 heterocycles. The molecule has 3 heteroatoms. The van der Waals surface area contributed by atoms with Gasteiger partial charge in [-0.05, 0) is 43.5 Å². The summed E-state index contributed by atoms with van der Waals surface area (Å²) in [5, 5.41) is 3.47. The van der Waals surface area contributed by atoms with E-state index in [1.165, 1.54) is 25.0 Å². The number of benzene rings is 1. The molecule has 1 saturated heterocycles. The molecular weight excluding hydrogens is 191 g/mol. The highest BCUT2D eigenvalue weighted by Crippen LogP contribution is 2.29. The van der Waals surface area contributed by atoms with Gasteiger partial charge in [0.25, 0.3) is 0 Å². The third kappa shape index (κ3) is 2.03. The first-order valence-electron chi connectivity index (χ1n) is 5.48. The van der Waals surface area contributed by atoms with Crippen molar-refractivity contribution in [2.45, 2.75) is 24.8 Å². The summed E-state index contributed by atoms with van der Waals surface area (Å²) < 4.78 is 12.8. The van der Waals surface area contributed by atoms with Crippen molar-refractivity contribution in [1.82, 2.24) is 5.32 Å². The molecule has 15 heavy (non-hydrogen) atoms. The minimum atomic E-state index is -0.193. The first-order valence-corrected chi connectivity index (χ1v) is 5.48. The molecule has 0 amide bonds. The van der Waals surface area contributed by atoms with Gasteiger partial charge in [-0.15, -0.1) is 0 Å². The second-order valence-corrected chi connectivity index (χ2v) is 4.18. The Morgan fingerprint density at radius 2 is 2.00 bits per heavy atom. The summed E-state index contributed by atoms with van der Waals surface area (Å²) in [6.07, 6.45) is 3.42. The lowest BCUT2D eigenvalue weighted by Gasteiger charge is -2.38. The maximum Gasteiger partial charge on any atom is 0.123 e. The lowest BCUT2D eigenvalue weighted by Crippen LogP contribution is -2.51. The van der Waals surface area contributed by atoms with E-state index >= 15 is 0 Å². The molecule has 1 aromatic rings. The van der Waals surface area contributed by atoms with Crippen LogP contribution in [0.3, 0.4) is 0 Å². The fourth-order valence-electron chi connectivity index (χ4n) is 2.28. The zero-order valence-corrected chi connectivity index (χ0v) is 8.80. The number of nitrogens with one attached hydrogen (secondary N) is 1. The predicted molar refractivity (Wildman–Crippen MR) is 59.0 cm³/mol. The lowest BCUT2D eigenvalue weighted by atomic mass is 9.82. The number of hydrogen-bond donors (Lipinski definition) is 2. The first-order chi connectivity index (χ1) is 7.27. The minimum absolute atomic E-state index is 0.133. The molecule has 0 saturated carbocycles. The smallest absolute Gasteiger partial charge is 0.123 e. The van der Waals surface area contributed by atoms with Crippen LogP contribution < -0.4 is 11.1 Å². The number of nitrogens with two attached hydrogens (primary N) is 1. The van der Waals surface area contributed by atoms with E-state index in [1.54, 1.807) is 0 Å². The van der Waals surface area contributed by atoms with Crippen molar-refractivity contribution in [3.63, 3.8) is 0 Å². The zero-order chi connectivity index (χ0) is 10.7. The van der Waals surface area contributed by atoms with E-state index in [9.17, 15) is 4.39 Å². The summed E-state index contributed by atoms with van der Waals surface area (Å²) in [6.45, 7) is 1.56. The van der Waals surface area contributed by atoms with Gasteiger partial charge >= 0.3 is 0 Å². The Morgan fingerprint density at radius 3 is 2.53 bits per heavy atom. The molecule has 0 spiro atoms. The van der Waals surface area contributed by atoms with E-state index < -0.39 is 0 Å². The van der Waals surface area contributed by atoms with Crippen LogP contribution in [0.1, 0.15) is 24.8 Å². The average Bonchev–Trinajstić information content (AvgIpc) is 2.31. The molecule has 1 aromatic carbocycles. The Labute approximate surface area is 89.7 Å². The highest BCUT2D eigenvalue weighted by molar-refractivity contribution is 5.26. The van der Waals surface area contributed by atoms with Gasteiger partial charge in [0.2, 0.25) is 0 Å². The summed E-state index contributed by atoms with van der Waals surface area (Å²) in [5.74, 6) is -0.193. The third-order valence-corrected chi connectivity index (χ3v) is 3.24. The van der Waals surface area contributed by atoms with Gasteiger partial charge in [0, 0.05) is 6.54 Å². The van der Waals surface area contributed by atoms with Gasteiger partial charge in [0.1, 0.15) is 5.82 Å². The van der Waals surface area contributed by atoms with Crippen LogP contribution in [0.15, 0.2) is 24.3 Å². The highest BCUT2D eigenvalue weighted by atomic mass is 19.1. The van der Waals surface area contributed by atoms with Gasteiger partial charge in [-0.25, -0.2) is 4.39 Å². The Hall–Kier alpha value is -0.930. The lowest BCUT2D eigenvalue weighted by molar-refractivity contribution is 0.265. The fraction of sp³-hybridized carbons (Fsp3) is 0.500. The second kappa shape index (κ2) is 4.29. The van der Waals surface area contributed by atoms with Gasteiger partial charge in [0.05, 0.1) is 5.54 Å². The van der Waals surface area contributed by atoms with E-state index in [-0.39, 0.29) is 11.4 Å². The molecule has 2 rings (SSSR count). The number of piperidine rings is 1. The fourth-order valence-corrected chi connectivity index (χ4v) is 2.28. The Kier molecular flexibility index (Phi) is 3.03. The first kappa shape index (κ1) is 10.6. The van der Waals surface area contributed by atoms with E-state index in [0.717, 1.165) is 18.5 Å². The second-order valence-electron chi connectivity index (χ2n) is 4.18. The Bertz CT molecular complexity index is 315. The van der Waals surface area contributed by atoms with Crippen molar-refractivity contribution in [1.29, 1.82) is 0 Å². The van der Waals surface area contributed by atoms with Gasteiger partial charge in [-0.1, -0.05) is 12.1 Å².